The molecule has 0 atom stereocenters. The lowest BCUT2D eigenvalue weighted by molar-refractivity contribution is -0.130. The maximum absolute atomic E-state index is 11.4. The number of ether oxygens (including phenoxy) is 3. The van der Waals surface area contributed by atoms with Crippen LogP contribution in [0, 0.1) is 0 Å². The van der Waals surface area contributed by atoms with Crippen molar-refractivity contribution in [1.29, 1.82) is 0 Å². The summed E-state index contributed by atoms with van der Waals surface area (Å²) in [5, 5.41) is 0.394. The highest BCUT2D eigenvalue weighted by atomic mass is 35.5. The van der Waals surface area contributed by atoms with E-state index in [0.717, 1.165) is 0 Å². The molecule has 0 amide bonds. The molecule has 2 aliphatic heterocycles. The molecule has 0 aromatic heterocycles. The zero-order valence-electron chi connectivity index (χ0n) is 9.40. The molecule has 1 aromatic carbocycles. The number of cyclic esters (lactones) is 1. The van der Waals surface area contributed by atoms with E-state index in [1.54, 1.807) is 25.1 Å². The maximum atomic E-state index is 11.4. The van der Waals surface area contributed by atoms with E-state index in [1.165, 1.54) is 0 Å². The topological polar surface area (TPSA) is 57.1 Å². The van der Waals surface area contributed by atoms with Gasteiger partial charge in [0.05, 0.1) is 5.02 Å². The van der Waals surface area contributed by atoms with Crippen molar-refractivity contribution in [1.82, 2.24) is 0 Å². The van der Waals surface area contributed by atoms with Gasteiger partial charge in [0.15, 0.2) is 23.1 Å². The van der Waals surface area contributed by atoms with Crippen LogP contribution >= 0.6 is 11.6 Å². The number of esters is 1. The summed E-state index contributed by atoms with van der Waals surface area (Å²) < 4.78 is 15.3. The van der Waals surface area contributed by atoms with Gasteiger partial charge in [-0.15, -0.1) is 0 Å². The molecule has 0 fully saturated rings. The van der Waals surface area contributed by atoms with Crippen LogP contribution in [0.15, 0.2) is 22.8 Å². The Morgan fingerprint density at radius 2 is 2.22 bits per heavy atom. The van der Waals surface area contributed by atoms with Gasteiger partial charge in [-0.25, -0.2) is 9.79 Å². The molecule has 18 heavy (non-hydrogen) atoms. The molecule has 2 aliphatic rings. The molecule has 3 rings (SSSR count). The first-order chi connectivity index (χ1) is 8.65. The summed E-state index contributed by atoms with van der Waals surface area (Å²) in [5.74, 6) is 0.915. The van der Waals surface area contributed by atoms with E-state index in [2.05, 4.69) is 4.99 Å². The molecule has 5 nitrogen and oxygen atoms in total. The summed E-state index contributed by atoms with van der Waals surface area (Å²) in [6, 6.07) is 3.47. The lowest BCUT2D eigenvalue weighted by Gasteiger charge is -2.02. The van der Waals surface area contributed by atoms with Crippen molar-refractivity contribution < 1.29 is 19.0 Å². The number of fused-ring (bicyclic) bond motifs is 1. The first-order valence-corrected chi connectivity index (χ1v) is 5.60. The fraction of sp³-hybridized carbons (Fsp3) is 0.167. The van der Waals surface area contributed by atoms with E-state index in [0.29, 0.717) is 28.0 Å². The molecule has 0 N–H and O–H groups in total. The zero-order valence-corrected chi connectivity index (χ0v) is 10.2. The number of carbonyl (C=O) groups is 1. The van der Waals surface area contributed by atoms with Gasteiger partial charge < -0.3 is 14.2 Å². The van der Waals surface area contributed by atoms with E-state index in [9.17, 15) is 4.79 Å². The minimum Gasteiger partial charge on any atom is -0.454 e. The number of benzene rings is 1. The van der Waals surface area contributed by atoms with Gasteiger partial charge in [0, 0.05) is 6.92 Å². The van der Waals surface area contributed by atoms with Gasteiger partial charge in [0.1, 0.15) is 0 Å². The lowest BCUT2D eigenvalue weighted by Crippen LogP contribution is -1.99. The van der Waals surface area contributed by atoms with Gasteiger partial charge in [-0.05, 0) is 23.8 Å². The standard InChI is InChI=1S/C12H8ClNO4/c1-6-14-8(12(15)18-6)4-7-2-3-9-11(10(7)13)17-5-16-9/h2-4H,5H2,1H3/b8-4+. The van der Waals surface area contributed by atoms with E-state index in [1.807, 2.05) is 0 Å². The van der Waals surface area contributed by atoms with Crippen molar-refractivity contribution in [2.24, 2.45) is 4.99 Å². The summed E-state index contributed by atoms with van der Waals surface area (Å²) in [5.41, 5.74) is 0.847. The average molecular weight is 266 g/mol. The van der Waals surface area contributed by atoms with Crippen molar-refractivity contribution in [2.45, 2.75) is 6.92 Å². The Balaban J connectivity index is 2.04. The average Bonchev–Trinajstić information content (AvgIpc) is 2.90. The second-order valence-corrected chi connectivity index (χ2v) is 4.13. The minimum atomic E-state index is -0.485. The van der Waals surface area contributed by atoms with Crippen molar-refractivity contribution in [3.63, 3.8) is 0 Å². The molecule has 92 valence electrons. The Morgan fingerprint density at radius 3 is 2.94 bits per heavy atom. The normalized spacial score (nSPS) is 19.1. The van der Waals surface area contributed by atoms with Gasteiger partial charge in [0.25, 0.3) is 0 Å². The van der Waals surface area contributed by atoms with Crippen LogP contribution in [-0.4, -0.2) is 18.7 Å². The molecule has 0 saturated heterocycles. The largest absolute Gasteiger partial charge is 0.454 e. The van der Waals surface area contributed by atoms with Crippen molar-refractivity contribution >= 4 is 29.5 Å². The molecule has 0 unspecified atom stereocenters. The fourth-order valence-electron chi connectivity index (χ4n) is 1.73. The number of halogens is 1. The number of hydrogen-bond acceptors (Lipinski definition) is 5. The first-order valence-electron chi connectivity index (χ1n) is 5.22. The molecule has 1 aromatic rings. The van der Waals surface area contributed by atoms with E-state index in [-0.39, 0.29) is 12.5 Å². The van der Waals surface area contributed by atoms with E-state index < -0.39 is 5.97 Å². The van der Waals surface area contributed by atoms with Gasteiger partial charge >= 0.3 is 5.97 Å². The Morgan fingerprint density at radius 1 is 1.39 bits per heavy atom. The van der Waals surface area contributed by atoms with Crippen LogP contribution < -0.4 is 9.47 Å². The van der Waals surface area contributed by atoms with Gasteiger partial charge in [-0.2, -0.15) is 0 Å². The molecule has 2 heterocycles. The van der Waals surface area contributed by atoms with Gasteiger partial charge in [-0.1, -0.05) is 11.6 Å². The Hall–Kier alpha value is -2.01. The van der Waals surface area contributed by atoms with Crippen LogP contribution in [0.3, 0.4) is 0 Å². The minimum absolute atomic E-state index is 0.147. The van der Waals surface area contributed by atoms with Crippen LogP contribution in [0.2, 0.25) is 5.02 Å². The number of carbonyl (C=O) groups excluding carboxylic acids is 1. The third-order valence-corrected chi connectivity index (χ3v) is 2.92. The molecule has 6 heteroatoms. The number of rotatable bonds is 1. The Bertz CT molecular complexity index is 606. The third-order valence-electron chi connectivity index (χ3n) is 2.53. The first kappa shape index (κ1) is 11.1. The summed E-state index contributed by atoms with van der Waals surface area (Å²) in [4.78, 5) is 15.4. The predicted molar refractivity (Wildman–Crippen MR) is 64.8 cm³/mol. The van der Waals surface area contributed by atoms with Crippen LogP contribution in [0.1, 0.15) is 12.5 Å². The van der Waals surface area contributed by atoms with Crippen LogP contribution in [0.25, 0.3) is 6.08 Å². The molecule has 0 aliphatic carbocycles. The molecular formula is C12H8ClNO4. The van der Waals surface area contributed by atoms with Gasteiger partial charge in [-0.3, -0.25) is 0 Å². The smallest absolute Gasteiger partial charge is 0.363 e. The summed E-state index contributed by atoms with van der Waals surface area (Å²) in [7, 11) is 0. The highest BCUT2D eigenvalue weighted by Crippen LogP contribution is 2.41. The second kappa shape index (κ2) is 4.03. The summed E-state index contributed by atoms with van der Waals surface area (Å²) >= 11 is 6.17. The van der Waals surface area contributed by atoms with Crippen LogP contribution in [0.4, 0.5) is 0 Å². The maximum Gasteiger partial charge on any atom is 0.363 e. The monoisotopic (exact) mass is 265 g/mol. The Kier molecular flexibility index (Phi) is 2.48. The quantitative estimate of drug-likeness (QED) is 0.578. The summed E-state index contributed by atoms with van der Waals surface area (Å²) in [6.07, 6.45) is 1.56. The Labute approximate surface area is 108 Å². The zero-order chi connectivity index (χ0) is 12.7. The highest BCUT2D eigenvalue weighted by Gasteiger charge is 2.23. The highest BCUT2D eigenvalue weighted by molar-refractivity contribution is 6.34. The van der Waals surface area contributed by atoms with Crippen molar-refractivity contribution in [3.05, 3.63) is 28.4 Å². The van der Waals surface area contributed by atoms with E-state index >= 15 is 0 Å². The molecule has 0 spiro atoms. The second-order valence-electron chi connectivity index (χ2n) is 3.75. The van der Waals surface area contributed by atoms with E-state index in [4.69, 9.17) is 25.8 Å². The molecule has 0 radical (unpaired) electrons. The lowest BCUT2D eigenvalue weighted by atomic mass is 10.1. The number of nitrogens with zero attached hydrogens (tertiary/aromatic N) is 1. The van der Waals surface area contributed by atoms with Crippen molar-refractivity contribution in [3.8, 4) is 11.5 Å². The number of aliphatic imine (C=N–C) groups is 1. The number of hydrogen-bond donors (Lipinski definition) is 0. The molecule has 0 saturated carbocycles. The van der Waals surface area contributed by atoms with Crippen LogP contribution in [-0.2, 0) is 9.53 Å². The van der Waals surface area contributed by atoms with Crippen molar-refractivity contribution in [2.75, 3.05) is 6.79 Å². The van der Waals surface area contributed by atoms with Crippen LogP contribution in [0.5, 0.6) is 11.5 Å². The molecule has 0 bridgehead atoms. The third kappa shape index (κ3) is 1.73. The fourth-order valence-corrected chi connectivity index (χ4v) is 1.99. The van der Waals surface area contributed by atoms with Gasteiger partial charge in [0.2, 0.25) is 6.79 Å². The summed E-state index contributed by atoms with van der Waals surface area (Å²) in [6.45, 7) is 1.76. The predicted octanol–water partition coefficient (Wildman–Crippen LogP) is 2.38. The SMILES string of the molecule is CC1=N/C(=C/c2ccc3c(c2Cl)OCO3)C(=O)O1. The molecular weight excluding hydrogens is 258 g/mol.